The summed E-state index contributed by atoms with van der Waals surface area (Å²) in [6.45, 7) is 0.271. The van der Waals surface area contributed by atoms with Crippen molar-refractivity contribution in [1.29, 1.82) is 0 Å². The molecule has 1 aliphatic carbocycles. The maximum Gasteiger partial charge on any atom is 0.349 e. The SMILES string of the molecule is Nc1ccc(N2C(=O)N(C3CCCCCCCCC3)N=C(COc3ccccc3)c3ccccc32)cc1. The van der Waals surface area contributed by atoms with Gasteiger partial charge in [-0.2, -0.15) is 5.10 Å². The van der Waals surface area contributed by atoms with Gasteiger partial charge in [0.05, 0.1) is 17.4 Å². The van der Waals surface area contributed by atoms with Gasteiger partial charge in [0, 0.05) is 11.3 Å². The van der Waals surface area contributed by atoms with Gasteiger partial charge >= 0.3 is 6.03 Å². The van der Waals surface area contributed by atoms with Crippen LogP contribution in [0.25, 0.3) is 0 Å². The fraction of sp³-hybridized carbons (Fsp3) is 0.355. The van der Waals surface area contributed by atoms with E-state index in [1.807, 2.05) is 78.9 Å². The molecule has 0 aromatic heterocycles. The normalized spacial score (nSPS) is 17.5. The monoisotopic (exact) mass is 496 g/mol. The van der Waals surface area contributed by atoms with Gasteiger partial charge in [0.1, 0.15) is 18.1 Å². The second-order valence-corrected chi connectivity index (χ2v) is 9.93. The van der Waals surface area contributed by atoms with E-state index in [2.05, 4.69) is 0 Å². The third-order valence-electron chi connectivity index (χ3n) is 7.26. The lowest BCUT2D eigenvalue weighted by Crippen LogP contribution is -2.43. The molecule has 3 aromatic rings. The minimum Gasteiger partial charge on any atom is -0.487 e. The van der Waals surface area contributed by atoms with Gasteiger partial charge in [0.2, 0.25) is 0 Å². The van der Waals surface area contributed by atoms with Crippen molar-refractivity contribution in [2.75, 3.05) is 17.2 Å². The van der Waals surface area contributed by atoms with E-state index in [0.29, 0.717) is 5.69 Å². The molecule has 37 heavy (non-hydrogen) atoms. The number of benzene rings is 3. The number of nitrogens with zero attached hydrogens (tertiary/aromatic N) is 3. The molecule has 0 atom stereocenters. The van der Waals surface area contributed by atoms with E-state index >= 15 is 0 Å². The Morgan fingerprint density at radius 1 is 0.784 bits per heavy atom. The molecule has 1 heterocycles. The van der Waals surface area contributed by atoms with Crippen LogP contribution < -0.4 is 15.4 Å². The number of amides is 2. The van der Waals surface area contributed by atoms with Crippen LogP contribution in [0.15, 0.2) is 84.0 Å². The molecule has 192 valence electrons. The highest BCUT2D eigenvalue weighted by Gasteiger charge is 2.34. The molecule has 2 amide bonds. The molecule has 3 aromatic carbocycles. The molecule has 6 nitrogen and oxygen atoms in total. The Balaban J connectivity index is 1.56. The molecule has 1 fully saturated rings. The number of anilines is 3. The van der Waals surface area contributed by atoms with Crippen molar-refractivity contribution in [1.82, 2.24) is 5.01 Å². The molecule has 0 radical (unpaired) electrons. The molecule has 5 rings (SSSR count). The molecule has 0 spiro atoms. The highest BCUT2D eigenvalue weighted by atomic mass is 16.5. The molecule has 2 N–H and O–H groups in total. The van der Waals surface area contributed by atoms with Crippen LogP contribution in [-0.2, 0) is 0 Å². The summed E-state index contributed by atoms with van der Waals surface area (Å²) < 4.78 is 6.16. The Morgan fingerprint density at radius 3 is 2.11 bits per heavy atom. The van der Waals surface area contributed by atoms with Crippen molar-refractivity contribution in [3.05, 3.63) is 84.4 Å². The zero-order valence-corrected chi connectivity index (χ0v) is 21.4. The summed E-state index contributed by atoms with van der Waals surface area (Å²) in [7, 11) is 0. The number of hydrogen-bond acceptors (Lipinski definition) is 4. The van der Waals surface area contributed by atoms with Crippen LogP contribution in [-0.4, -0.2) is 29.4 Å². The third kappa shape index (κ3) is 5.96. The maximum atomic E-state index is 14.3. The fourth-order valence-corrected chi connectivity index (χ4v) is 5.26. The van der Waals surface area contributed by atoms with Crippen LogP contribution >= 0.6 is 0 Å². The van der Waals surface area contributed by atoms with E-state index in [1.165, 1.54) is 32.1 Å². The highest BCUT2D eigenvalue weighted by molar-refractivity contribution is 6.13. The fourth-order valence-electron chi connectivity index (χ4n) is 5.26. The second kappa shape index (κ2) is 12.0. The van der Waals surface area contributed by atoms with Gasteiger partial charge in [-0.15, -0.1) is 0 Å². The average molecular weight is 497 g/mol. The van der Waals surface area contributed by atoms with Crippen LogP contribution in [0.2, 0.25) is 0 Å². The van der Waals surface area contributed by atoms with Gasteiger partial charge in [-0.1, -0.05) is 81.3 Å². The van der Waals surface area contributed by atoms with Gasteiger partial charge in [-0.05, 0) is 55.3 Å². The lowest BCUT2D eigenvalue weighted by Gasteiger charge is -2.32. The summed E-state index contributed by atoms with van der Waals surface area (Å²) in [6.07, 6.45) is 10.4. The van der Waals surface area contributed by atoms with Crippen molar-refractivity contribution < 1.29 is 9.53 Å². The van der Waals surface area contributed by atoms with Gasteiger partial charge < -0.3 is 10.5 Å². The van der Waals surface area contributed by atoms with E-state index < -0.39 is 0 Å². The quantitative estimate of drug-likeness (QED) is 0.371. The Hall–Kier alpha value is -3.80. The lowest BCUT2D eigenvalue weighted by molar-refractivity contribution is 0.174. The molecule has 1 saturated carbocycles. The van der Waals surface area contributed by atoms with Crippen LogP contribution in [0.4, 0.5) is 21.9 Å². The Morgan fingerprint density at radius 2 is 1.41 bits per heavy atom. The summed E-state index contributed by atoms with van der Waals surface area (Å²) in [5.41, 5.74) is 9.87. The zero-order chi connectivity index (χ0) is 25.5. The number of ether oxygens (including phenoxy) is 1. The number of rotatable bonds is 5. The van der Waals surface area contributed by atoms with Crippen LogP contribution in [0.3, 0.4) is 0 Å². The first-order valence-electron chi connectivity index (χ1n) is 13.5. The first-order chi connectivity index (χ1) is 18.2. The number of nitrogens with two attached hydrogens (primary N) is 1. The highest BCUT2D eigenvalue weighted by Crippen LogP contribution is 2.35. The van der Waals surface area contributed by atoms with Crippen LogP contribution in [0, 0.1) is 0 Å². The van der Waals surface area contributed by atoms with Crippen molar-refractivity contribution in [3.63, 3.8) is 0 Å². The van der Waals surface area contributed by atoms with Gasteiger partial charge in [-0.25, -0.2) is 9.80 Å². The minimum atomic E-state index is -0.131. The number of carbonyl (C=O) groups excluding carboxylic acids is 1. The van der Waals surface area contributed by atoms with Crippen LogP contribution in [0.1, 0.15) is 63.4 Å². The zero-order valence-electron chi connectivity index (χ0n) is 21.4. The standard InChI is InChI=1S/C31H36N4O2/c32-24-19-21-25(22-20-24)34-30-18-12-11-17-28(30)29(23-37-27-15-9-6-10-16-27)33-35(31(34)36)26-13-7-4-2-1-3-5-8-14-26/h6,9-12,15-22,26H,1-5,7-8,13-14,23,32H2. The van der Waals surface area contributed by atoms with Crippen molar-refractivity contribution in [2.45, 2.75) is 63.8 Å². The van der Waals surface area contributed by atoms with Crippen molar-refractivity contribution in [2.24, 2.45) is 5.10 Å². The first kappa shape index (κ1) is 24.9. The molecule has 0 bridgehead atoms. The number of hydrogen-bond donors (Lipinski definition) is 1. The largest absolute Gasteiger partial charge is 0.487 e. The Labute approximate surface area is 219 Å². The summed E-state index contributed by atoms with van der Waals surface area (Å²) in [4.78, 5) is 16.1. The minimum absolute atomic E-state index is 0.0444. The van der Waals surface area contributed by atoms with Gasteiger partial charge in [-0.3, -0.25) is 4.90 Å². The molecular formula is C31H36N4O2. The smallest absolute Gasteiger partial charge is 0.349 e. The topological polar surface area (TPSA) is 71.2 Å². The lowest BCUT2D eigenvalue weighted by atomic mass is 9.97. The van der Waals surface area contributed by atoms with E-state index in [0.717, 1.165) is 54.1 Å². The third-order valence-corrected chi connectivity index (χ3v) is 7.26. The predicted molar refractivity (Wildman–Crippen MR) is 150 cm³/mol. The molecular weight excluding hydrogens is 460 g/mol. The van der Waals surface area contributed by atoms with Crippen LogP contribution in [0.5, 0.6) is 5.75 Å². The maximum absolute atomic E-state index is 14.3. The number of para-hydroxylation sites is 2. The molecule has 1 aliphatic heterocycles. The summed E-state index contributed by atoms with van der Waals surface area (Å²) in [5, 5.41) is 6.82. The Bertz CT molecular complexity index is 1200. The summed E-state index contributed by atoms with van der Waals surface area (Å²) >= 11 is 0. The van der Waals surface area contributed by atoms with E-state index in [9.17, 15) is 4.79 Å². The van der Waals surface area contributed by atoms with E-state index in [4.69, 9.17) is 15.6 Å². The number of fused-ring (bicyclic) bond motifs is 1. The van der Waals surface area contributed by atoms with Crippen molar-refractivity contribution >= 4 is 28.8 Å². The van der Waals surface area contributed by atoms with Gasteiger partial charge in [0.25, 0.3) is 0 Å². The number of urea groups is 1. The number of nitrogen functional groups attached to an aromatic ring is 1. The second-order valence-electron chi connectivity index (χ2n) is 9.93. The molecule has 0 saturated heterocycles. The average Bonchev–Trinajstić information content (AvgIpc) is 3.06. The summed E-state index contributed by atoms with van der Waals surface area (Å²) in [6, 6.07) is 25.1. The van der Waals surface area contributed by atoms with E-state index in [1.54, 1.807) is 9.91 Å². The van der Waals surface area contributed by atoms with E-state index in [-0.39, 0.29) is 18.7 Å². The van der Waals surface area contributed by atoms with Gasteiger partial charge in [0.15, 0.2) is 0 Å². The molecule has 2 aliphatic rings. The first-order valence-corrected chi connectivity index (χ1v) is 13.5. The molecule has 6 heteroatoms. The van der Waals surface area contributed by atoms with Crippen molar-refractivity contribution in [3.8, 4) is 5.75 Å². The Kier molecular flexibility index (Phi) is 8.04. The predicted octanol–water partition coefficient (Wildman–Crippen LogP) is 7.52. The number of carbonyl (C=O) groups is 1. The molecule has 0 unspecified atom stereocenters. The summed E-state index contributed by atoms with van der Waals surface area (Å²) in [5.74, 6) is 0.777. The number of hydrazone groups is 1.